The highest BCUT2D eigenvalue weighted by Crippen LogP contribution is 2.25. The zero-order valence-corrected chi connectivity index (χ0v) is 8.84. The second-order valence-corrected chi connectivity index (χ2v) is 4.17. The first-order chi connectivity index (χ1) is 6.74. The fourth-order valence-corrected chi connectivity index (χ4v) is 1.62. The monoisotopic (exact) mass is 206 g/mol. The summed E-state index contributed by atoms with van der Waals surface area (Å²) < 4.78 is 5.50. The number of ether oxygens (including phenoxy) is 1. The molecule has 0 fully saturated rings. The number of rotatable bonds is 2. The molecule has 2 aromatic rings. The van der Waals surface area contributed by atoms with E-state index in [1.54, 1.807) is 12.4 Å². The summed E-state index contributed by atoms with van der Waals surface area (Å²) in [6.07, 6.45) is 3.49. The van der Waals surface area contributed by atoms with E-state index in [9.17, 15) is 0 Å². The van der Waals surface area contributed by atoms with Gasteiger partial charge in [0.2, 0.25) is 0 Å². The SMILES string of the molecule is Cc1ccc(Oc2ncc(C)s2)cn1. The van der Waals surface area contributed by atoms with Crippen LogP contribution in [-0.4, -0.2) is 9.97 Å². The van der Waals surface area contributed by atoms with Gasteiger partial charge in [0.1, 0.15) is 5.75 Å². The minimum absolute atomic E-state index is 0.660. The van der Waals surface area contributed by atoms with E-state index < -0.39 is 0 Å². The van der Waals surface area contributed by atoms with Crippen LogP contribution in [0.25, 0.3) is 0 Å². The summed E-state index contributed by atoms with van der Waals surface area (Å²) >= 11 is 1.53. The first-order valence-electron chi connectivity index (χ1n) is 4.27. The van der Waals surface area contributed by atoms with Crippen LogP contribution in [-0.2, 0) is 0 Å². The van der Waals surface area contributed by atoms with Gasteiger partial charge in [0.25, 0.3) is 5.19 Å². The Morgan fingerprint density at radius 1 is 1.14 bits per heavy atom. The summed E-state index contributed by atoms with van der Waals surface area (Å²) in [5, 5.41) is 0.660. The Morgan fingerprint density at radius 2 is 2.00 bits per heavy atom. The molecule has 0 radical (unpaired) electrons. The van der Waals surface area contributed by atoms with Crippen LogP contribution in [0.15, 0.2) is 24.5 Å². The van der Waals surface area contributed by atoms with Gasteiger partial charge in [-0.2, -0.15) is 0 Å². The molecule has 0 saturated carbocycles. The van der Waals surface area contributed by atoms with Crippen LogP contribution >= 0.6 is 11.3 Å². The molecule has 0 amide bonds. The van der Waals surface area contributed by atoms with E-state index in [1.807, 2.05) is 26.0 Å². The molecule has 14 heavy (non-hydrogen) atoms. The number of hydrogen-bond acceptors (Lipinski definition) is 4. The molecule has 3 nitrogen and oxygen atoms in total. The van der Waals surface area contributed by atoms with Crippen molar-refractivity contribution in [3.05, 3.63) is 35.1 Å². The Kier molecular flexibility index (Phi) is 2.45. The van der Waals surface area contributed by atoms with E-state index in [1.165, 1.54) is 11.3 Å². The van der Waals surface area contributed by atoms with Crippen LogP contribution in [0.2, 0.25) is 0 Å². The molecular formula is C10H10N2OS. The maximum Gasteiger partial charge on any atom is 0.278 e. The molecular weight excluding hydrogens is 196 g/mol. The van der Waals surface area contributed by atoms with Gasteiger partial charge in [-0.25, -0.2) is 4.98 Å². The number of pyridine rings is 1. The Hall–Kier alpha value is -1.42. The van der Waals surface area contributed by atoms with Crippen molar-refractivity contribution >= 4 is 11.3 Å². The van der Waals surface area contributed by atoms with Crippen LogP contribution in [0.3, 0.4) is 0 Å². The van der Waals surface area contributed by atoms with Gasteiger partial charge in [0.05, 0.1) is 6.20 Å². The number of thiazole rings is 1. The van der Waals surface area contributed by atoms with E-state index in [0.717, 1.165) is 16.3 Å². The molecule has 0 aliphatic heterocycles. The second kappa shape index (κ2) is 3.75. The zero-order chi connectivity index (χ0) is 9.97. The quantitative estimate of drug-likeness (QED) is 0.757. The minimum atomic E-state index is 0.660. The summed E-state index contributed by atoms with van der Waals surface area (Å²) in [5.74, 6) is 0.727. The number of hydrogen-bond donors (Lipinski definition) is 0. The van der Waals surface area contributed by atoms with Crippen molar-refractivity contribution in [2.45, 2.75) is 13.8 Å². The topological polar surface area (TPSA) is 35.0 Å². The average molecular weight is 206 g/mol. The van der Waals surface area contributed by atoms with Gasteiger partial charge in [-0.15, -0.1) is 0 Å². The Balaban J connectivity index is 2.15. The van der Waals surface area contributed by atoms with E-state index >= 15 is 0 Å². The van der Waals surface area contributed by atoms with Crippen molar-refractivity contribution in [3.8, 4) is 10.9 Å². The highest BCUT2D eigenvalue weighted by Gasteiger charge is 2.01. The average Bonchev–Trinajstić information content (AvgIpc) is 2.56. The van der Waals surface area contributed by atoms with Gasteiger partial charge >= 0.3 is 0 Å². The lowest BCUT2D eigenvalue weighted by atomic mass is 10.4. The number of aromatic nitrogens is 2. The third-order valence-electron chi connectivity index (χ3n) is 1.69. The van der Waals surface area contributed by atoms with Crippen LogP contribution in [0, 0.1) is 13.8 Å². The predicted molar refractivity (Wildman–Crippen MR) is 55.9 cm³/mol. The van der Waals surface area contributed by atoms with Crippen molar-refractivity contribution in [2.75, 3.05) is 0 Å². The first-order valence-corrected chi connectivity index (χ1v) is 5.08. The Labute approximate surface area is 86.4 Å². The van der Waals surface area contributed by atoms with E-state index in [0.29, 0.717) is 5.19 Å². The van der Waals surface area contributed by atoms with Crippen LogP contribution in [0.1, 0.15) is 10.6 Å². The lowest BCUT2D eigenvalue weighted by molar-refractivity contribution is 0.476. The molecule has 0 N–H and O–H groups in total. The smallest absolute Gasteiger partial charge is 0.278 e. The molecule has 0 unspecified atom stereocenters. The second-order valence-electron chi connectivity index (χ2n) is 2.97. The summed E-state index contributed by atoms with van der Waals surface area (Å²) in [5.41, 5.74) is 0.979. The van der Waals surface area contributed by atoms with Crippen LogP contribution in [0.5, 0.6) is 10.9 Å². The summed E-state index contributed by atoms with van der Waals surface area (Å²) in [6.45, 7) is 3.94. The van der Waals surface area contributed by atoms with E-state index in [-0.39, 0.29) is 0 Å². The Bertz CT molecular complexity index is 422. The van der Waals surface area contributed by atoms with Crippen LogP contribution < -0.4 is 4.74 Å². The van der Waals surface area contributed by atoms with Gasteiger partial charge in [0, 0.05) is 16.8 Å². The molecule has 0 bridgehead atoms. The predicted octanol–water partition coefficient (Wildman–Crippen LogP) is 2.95. The van der Waals surface area contributed by atoms with E-state index in [2.05, 4.69) is 9.97 Å². The van der Waals surface area contributed by atoms with E-state index in [4.69, 9.17) is 4.74 Å². The third-order valence-corrected chi connectivity index (χ3v) is 2.48. The molecule has 0 aromatic carbocycles. The molecule has 2 aromatic heterocycles. The fourth-order valence-electron chi connectivity index (χ4n) is 0.997. The van der Waals surface area contributed by atoms with Crippen LogP contribution in [0.4, 0.5) is 0 Å². The largest absolute Gasteiger partial charge is 0.429 e. The van der Waals surface area contributed by atoms with Crippen molar-refractivity contribution in [1.82, 2.24) is 9.97 Å². The lowest BCUT2D eigenvalue weighted by Crippen LogP contribution is -1.85. The molecule has 0 aliphatic rings. The maximum absolute atomic E-state index is 5.50. The molecule has 0 saturated heterocycles. The zero-order valence-electron chi connectivity index (χ0n) is 8.02. The molecule has 0 spiro atoms. The lowest BCUT2D eigenvalue weighted by Gasteiger charge is -2.00. The van der Waals surface area contributed by atoms with Crippen molar-refractivity contribution in [2.24, 2.45) is 0 Å². The highest BCUT2D eigenvalue weighted by molar-refractivity contribution is 7.13. The number of aryl methyl sites for hydroxylation is 2. The molecule has 0 atom stereocenters. The third kappa shape index (κ3) is 2.09. The van der Waals surface area contributed by atoms with Gasteiger partial charge in [-0.05, 0) is 26.0 Å². The van der Waals surface area contributed by atoms with Gasteiger partial charge in [-0.1, -0.05) is 11.3 Å². The standard InChI is InChI=1S/C10H10N2OS/c1-7-3-4-9(6-11-7)13-10-12-5-8(2)14-10/h3-6H,1-2H3. The molecule has 2 rings (SSSR count). The Morgan fingerprint density at radius 3 is 2.57 bits per heavy atom. The molecule has 2 heterocycles. The van der Waals surface area contributed by atoms with Gasteiger partial charge in [0.15, 0.2) is 0 Å². The number of nitrogens with zero attached hydrogens (tertiary/aromatic N) is 2. The normalized spacial score (nSPS) is 10.1. The van der Waals surface area contributed by atoms with Gasteiger partial charge in [-0.3, -0.25) is 4.98 Å². The van der Waals surface area contributed by atoms with Crippen molar-refractivity contribution in [1.29, 1.82) is 0 Å². The fraction of sp³-hybridized carbons (Fsp3) is 0.200. The summed E-state index contributed by atoms with van der Waals surface area (Å²) in [4.78, 5) is 9.37. The summed E-state index contributed by atoms with van der Waals surface area (Å²) in [7, 11) is 0. The maximum atomic E-state index is 5.50. The van der Waals surface area contributed by atoms with Gasteiger partial charge < -0.3 is 4.74 Å². The first kappa shape index (κ1) is 9.15. The molecule has 0 aliphatic carbocycles. The minimum Gasteiger partial charge on any atom is -0.429 e. The van der Waals surface area contributed by atoms with Crippen molar-refractivity contribution < 1.29 is 4.74 Å². The molecule has 72 valence electrons. The van der Waals surface area contributed by atoms with Crippen molar-refractivity contribution in [3.63, 3.8) is 0 Å². The highest BCUT2D eigenvalue weighted by atomic mass is 32.1. The molecule has 4 heteroatoms. The summed E-state index contributed by atoms with van der Waals surface area (Å²) in [6, 6.07) is 3.80.